The molecular weight excluding hydrogens is 407 g/mol. The lowest BCUT2D eigenvalue weighted by Crippen LogP contribution is -2.28. The Bertz CT molecular complexity index is 1050. The topological polar surface area (TPSA) is 50.3 Å². The Labute approximate surface area is 166 Å². The molecule has 0 aliphatic heterocycles. The molecular formula is C19H16ClFN2O2S2. The fourth-order valence-corrected chi connectivity index (χ4v) is 4.31. The summed E-state index contributed by atoms with van der Waals surface area (Å²) in [6.07, 6.45) is 1.49. The van der Waals surface area contributed by atoms with Crippen LogP contribution in [0.1, 0.15) is 16.3 Å². The predicted octanol–water partition coefficient (Wildman–Crippen LogP) is 5.25. The van der Waals surface area contributed by atoms with Crippen LogP contribution < -0.4 is 4.31 Å². The minimum atomic E-state index is -3.82. The van der Waals surface area contributed by atoms with E-state index in [1.165, 1.54) is 46.0 Å². The van der Waals surface area contributed by atoms with E-state index in [4.69, 9.17) is 11.6 Å². The van der Waals surface area contributed by atoms with Crippen LogP contribution in [-0.2, 0) is 16.6 Å². The highest BCUT2D eigenvalue weighted by Crippen LogP contribution is 2.24. The number of aryl methyl sites for hydroxylation is 1. The van der Waals surface area contributed by atoms with Crippen LogP contribution >= 0.6 is 22.9 Å². The summed E-state index contributed by atoms with van der Waals surface area (Å²) in [5.74, 6) is -0.433. The highest BCUT2D eigenvalue weighted by molar-refractivity contribution is 7.95. The molecule has 0 unspecified atom stereocenters. The monoisotopic (exact) mass is 422 g/mol. The van der Waals surface area contributed by atoms with Gasteiger partial charge < -0.3 is 0 Å². The second-order valence-corrected chi connectivity index (χ2v) is 8.98. The number of nitrogens with zero attached hydrogens (tertiary/aromatic N) is 2. The van der Waals surface area contributed by atoms with E-state index in [0.29, 0.717) is 22.0 Å². The van der Waals surface area contributed by atoms with Crippen molar-refractivity contribution < 1.29 is 12.8 Å². The van der Waals surface area contributed by atoms with Crippen molar-refractivity contribution >= 4 is 44.7 Å². The van der Waals surface area contributed by atoms with Gasteiger partial charge in [0.15, 0.2) is 0 Å². The minimum absolute atomic E-state index is 0.0588. The number of hydrogen-bond acceptors (Lipinski definition) is 4. The molecule has 0 N–H and O–H groups in total. The summed E-state index contributed by atoms with van der Waals surface area (Å²) in [6.45, 7) is 1.91. The summed E-state index contributed by atoms with van der Waals surface area (Å²) in [7, 11) is -3.82. The van der Waals surface area contributed by atoms with Gasteiger partial charge in [0.1, 0.15) is 5.82 Å². The van der Waals surface area contributed by atoms with Gasteiger partial charge in [-0.2, -0.15) is 0 Å². The van der Waals surface area contributed by atoms with E-state index in [0.717, 1.165) is 10.4 Å². The zero-order chi connectivity index (χ0) is 19.4. The van der Waals surface area contributed by atoms with Gasteiger partial charge in [0.25, 0.3) is 10.0 Å². The Morgan fingerprint density at radius 2 is 1.81 bits per heavy atom. The first-order valence-electron chi connectivity index (χ1n) is 7.96. The first-order valence-corrected chi connectivity index (χ1v) is 10.7. The van der Waals surface area contributed by atoms with E-state index in [1.54, 1.807) is 24.3 Å². The van der Waals surface area contributed by atoms with E-state index in [-0.39, 0.29) is 6.54 Å². The molecule has 0 fully saturated rings. The number of aromatic nitrogens is 1. The summed E-state index contributed by atoms with van der Waals surface area (Å²) in [4.78, 5) is 4.33. The van der Waals surface area contributed by atoms with Crippen molar-refractivity contribution in [2.45, 2.75) is 13.5 Å². The lowest BCUT2D eigenvalue weighted by atomic mass is 10.2. The van der Waals surface area contributed by atoms with Gasteiger partial charge in [0.05, 0.1) is 28.3 Å². The molecule has 27 heavy (non-hydrogen) atoms. The zero-order valence-electron chi connectivity index (χ0n) is 14.3. The molecule has 3 rings (SSSR count). The number of hydrogen-bond donors (Lipinski definition) is 0. The molecule has 1 aromatic heterocycles. The van der Waals surface area contributed by atoms with Crippen LogP contribution in [-0.4, -0.2) is 13.4 Å². The van der Waals surface area contributed by atoms with Gasteiger partial charge in [0, 0.05) is 10.4 Å². The number of anilines is 1. The van der Waals surface area contributed by atoms with Crippen molar-refractivity contribution in [1.29, 1.82) is 0 Å². The molecule has 0 saturated carbocycles. The van der Waals surface area contributed by atoms with Gasteiger partial charge in [-0.25, -0.2) is 17.8 Å². The van der Waals surface area contributed by atoms with E-state index >= 15 is 0 Å². The van der Waals surface area contributed by atoms with Gasteiger partial charge >= 0.3 is 0 Å². The van der Waals surface area contributed by atoms with Crippen molar-refractivity contribution in [1.82, 2.24) is 4.98 Å². The molecule has 2 aromatic carbocycles. The van der Waals surface area contributed by atoms with Gasteiger partial charge in [0.2, 0.25) is 0 Å². The molecule has 0 spiro atoms. The van der Waals surface area contributed by atoms with E-state index in [9.17, 15) is 12.8 Å². The first kappa shape index (κ1) is 19.5. The van der Waals surface area contributed by atoms with E-state index in [1.807, 2.05) is 12.3 Å². The number of thiazole rings is 1. The standard InChI is InChI=1S/C19H16ClFN2O2S2/c1-14-22-18(13-26-14)12-23(19-8-6-17(21)7-9-19)27(24,25)11-10-15-2-4-16(20)5-3-15/h2-11,13H,12H2,1H3/b11-10+. The largest absolute Gasteiger partial charge is 0.261 e. The molecule has 0 bridgehead atoms. The van der Waals surface area contributed by atoms with Crippen LogP contribution in [0.25, 0.3) is 6.08 Å². The van der Waals surface area contributed by atoms with Crippen LogP contribution in [0.4, 0.5) is 10.1 Å². The third-order valence-corrected chi connectivity index (χ3v) is 6.21. The summed E-state index contributed by atoms with van der Waals surface area (Å²) >= 11 is 7.29. The quantitative estimate of drug-likeness (QED) is 0.545. The minimum Gasteiger partial charge on any atom is -0.261 e. The first-order chi connectivity index (χ1) is 12.8. The van der Waals surface area contributed by atoms with Crippen LogP contribution in [0.15, 0.2) is 59.3 Å². The zero-order valence-corrected chi connectivity index (χ0v) is 16.7. The van der Waals surface area contributed by atoms with Crippen LogP contribution in [0.2, 0.25) is 5.02 Å². The van der Waals surface area contributed by atoms with Gasteiger partial charge in [-0.3, -0.25) is 4.31 Å². The molecule has 140 valence electrons. The molecule has 3 aromatic rings. The molecule has 4 nitrogen and oxygen atoms in total. The van der Waals surface area contributed by atoms with Crippen molar-refractivity contribution in [2.24, 2.45) is 0 Å². The predicted molar refractivity (Wildman–Crippen MR) is 109 cm³/mol. The Balaban J connectivity index is 1.94. The Morgan fingerprint density at radius 1 is 1.15 bits per heavy atom. The van der Waals surface area contributed by atoms with Crippen LogP contribution in [0.3, 0.4) is 0 Å². The van der Waals surface area contributed by atoms with Gasteiger partial charge in [-0.05, 0) is 55.0 Å². The molecule has 0 aliphatic rings. The number of rotatable bonds is 6. The SMILES string of the molecule is Cc1nc(CN(c2ccc(F)cc2)S(=O)(=O)/C=C/c2ccc(Cl)cc2)cs1. The molecule has 0 amide bonds. The van der Waals surface area contributed by atoms with Crippen molar-refractivity contribution in [3.63, 3.8) is 0 Å². The smallest absolute Gasteiger partial charge is 0.257 e. The highest BCUT2D eigenvalue weighted by atomic mass is 35.5. The highest BCUT2D eigenvalue weighted by Gasteiger charge is 2.21. The molecule has 0 saturated heterocycles. The third-order valence-electron chi connectivity index (χ3n) is 3.70. The second kappa shape index (κ2) is 8.21. The maximum Gasteiger partial charge on any atom is 0.257 e. The van der Waals surface area contributed by atoms with Crippen LogP contribution in [0, 0.1) is 12.7 Å². The summed E-state index contributed by atoms with van der Waals surface area (Å²) in [6, 6.07) is 12.1. The molecule has 0 radical (unpaired) electrons. The lowest BCUT2D eigenvalue weighted by molar-refractivity contribution is 0.598. The second-order valence-electron chi connectivity index (χ2n) is 5.74. The lowest BCUT2D eigenvalue weighted by Gasteiger charge is -2.22. The number of halogens is 2. The summed E-state index contributed by atoms with van der Waals surface area (Å²) in [5, 5.41) is 4.35. The van der Waals surface area contributed by atoms with Crippen molar-refractivity contribution in [2.75, 3.05) is 4.31 Å². The maximum absolute atomic E-state index is 13.3. The van der Waals surface area contributed by atoms with Gasteiger partial charge in [-0.15, -0.1) is 11.3 Å². The van der Waals surface area contributed by atoms with Gasteiger partial charge in [-0.1, -0.05) is 23.7 Å². The summed E-state index contributed by atoms with van der Waals surface area (Å²) in [5.41, 5.74) is 1.69. The Kier molecular flexibility index (Phi) is 5.94. The maximum atomic E-state index is 13.3. The molecule has 0 atom stereocenters. The van der Waals surface area contributed by atoms with Crippen molar-refractivity contribution in [3.8, 4) is 0 Å². The van der Waals surface area contributed by atoms with E-state index in [2.05, 4.69) is 4.98 Å². The Hall–Kier alpha value is -2.22. The van der Waals surface area contributed by atoms with E-state index < -0.39 is 15.8 Å². The fraction of sp³-hybridized carbons (Fsp3) is 0.105. The summed E-state index contributed by atoms with van der Waals surface area (Å²) < 4.78 is 40.4. The third kappa shape index (κ3) is 5.15. The number of sulfonamides is 1. The fourth-order valence-electron chi connectivity index (χ4n) is 2.38. The molecule has 8 heteroatoms. The number of benzene rings is 2. The normalized spacial score (nSPS) is 11.8. The van der Waals surface area contributed by atoms with Crippen molar-refractivity contribution in [3.05, 3.63) is 86.4 Å². The Morgan fingerprint density at radius 3 is 2.41 bits per heavy atom. The average Bonchev–Trinajstić information content (AvgIpc) is 3.05. The average molecular weight is 423 g/mol. The van der Waals surface area contributed by atoms with Crippen LogP contribution in [0.5, 0.6) is 0 Å². The molecule has 1 heterocycles. The molecule has 0 aliphatic carbocycles.